The highest BCUT2D eigenvalue weighted by Gasteiger charge is 2.55. The lowest BCUT2D eigenvalue weighted by Crippen LogP contribution is -2.49. The van der Waals surface area contributed by atoms with E-state index in [1.807, 2.05) is 0 Å². The second-order valence-corrected chi connectivity index (χ2v) is 5.14. The molecule has 1 atom stereocenters. The monoisotopic (exact) mass is 270 g/mol. The van der Waals surface area contributed by atoms with Gasteiger partial charge in [0.1, 0.15) is 0 Å². The van der Waals surface area contributed by atoms with E-state index in [-0.39, 0.29) is 17.9 Å². The molecule has 19 heavy (non-hydrogen) atoms. The van der Waals surface area contributed by atoms with Gasteiger partial charge in [-0.05, 0) is 39.0 Å². The van der Waals surface area contributed by atoms with Crippen LogP contribution in [0.1, 0.15) is 59.3 Å². The molecule has 1 aliphatic carbocycles. The van der Waals surface area contributed by atoms with E-state index in [2.05, 4.69) is 6.92 Å². The number of esters is 2. The Morgan fingerprint density at radius 1 is 1.05 bits per heavy atom. The Kier molecular flexibility index (Phi) is 6.32. The summed E-state index contributed by atoms with van der Waals surface area (Å²) in [5.74, 6) is -0.706. The minimum atomic E-state index is -1.06. The van der Waals surface area contributed by atoms with Crippen LogP contribution in [0.4, 0.5) is 0 Å². The summed E-state index contributed by atoms with van der Waals surface area (Å²) in [4.78, 5) is 24.8. The van der Waals surface area contributed by atoms with Gasteiger partial charge in [-0.15, -0.1) is 0 Å². The quantitative estimate of drug-likeness (QED) is 0.550. The number of carbonyl (C=O) groups excluding carboxylic acids is 2. The zero-order chi connectivity index (χ0) is 14.3. The molecule has 0 saturated heterocycles. The van der Waals surface area contributed by atoms with Crippen LogP contribution in [0.3, 0.4) is 0 Å². The standard InChI is InChI=1S/C15H26O4/c1-4-9-12-10-7-8-11-15(12,13(16)18-5-2)14(17)19-6-3/h12H,4-11H2,1-3H3. The summed E-state index contributed by atoms with van der Waals surface area (Å²) < 4.78 is 10.4. The summed E-state index contributed by atoms with van der Waals surface area (Å²) >= 11 is 0. The summed E-state index contributed by atoms with van der Waals surface area (Å²) in [6.45, 7) is 6.23. The number of carbonyl (C=O) groups is 2. The number of ether oxygens (including phenoxy) is 2. The fourth-order valence-electron chi connectivity index (χ4n) is 3.12. The second-order valence-electron chi connectivity index (χ2n) is 5.14. The van der Waals surface area contributed by atoms with Crippen LogP contribution < -0.4 is 0 Å². The van der Waals surface area contributed by atoms with Crippen molar-refractivity contribution in [3.05, 3.63) is 0 Å². The van der Waals surface area contributed by atoms with E-state index in [1.54, 1.807) is 13.8 Å². The van der Waals surface area contributed by atoms with Crippen molar-refractivity contribution in [2.45, 2.75) is 59.3 Å². The van der Waals surface area contributed by atoms with Gasteiger partial charge in [0, 0.05) is 0 Å². The third-order valence-corrected chi connectivity index (χ3v) is 3.99. The Morgan fingerprint density at radius 2 is 1.63 bits per heavy atom. The van der Waals surface area contributed by atoms with Gasteiger partial charge in [0.25, 0.3) is 0 Å². The van der Waals surface area contributed by atoms with Gasteiger partial charge in [0.15, 0.2) is 5.41 Å². The van der Waals surface area contributed by atoms with E-state index in [4.69, 9.17) is 9.47 Å². The molecule has 0 spiro atoms. The van der Waals surface area contributed by atoms with Crippen molar-refractivity contribution in [3.63, 3.8) is 0 Å². The van der Waals surface area contributed by atoms with Gasteiger partial charge in [-0.25, -0.2) is 0 Å². The maximum Gasteiger partial charge on any atom is 0.323 e. The minimum absolute atomic E-state index is 0.0596. The van der Waals surface area contributed by atoms with Crippen LogP contribution in [0.5, 0.6) is 0 Å². The second kappa shape index (κ2) is 7.51. The Bertz CT molecular complexity index is 291. The smallest absolute Gasteiger partial charge is 0.323 e. The topological polar surface area (TPSA) is 52.6 Å². The van der Waals surface area contributed by atoms with Crippen molar-refractivity contribution in [1.82, 2.24) is 0 Å². The zero-order valence-corrected chi connectivity index (χ0v) is 12.4. The molecule has 0 aromatic heterocycles. The summed E-state index contributed by atoms with van der Waals surface area (Å²) in [5.41, 5.74) is -1.06. The van der Waals surface area contributed by atoms with Crippen molar-refractivity contribution in [3.8, 4) is 0 Å². The molecular formula is C15H26O4. The maximum atomic E-state index is 12.4. The van der Waals surface area contributed by atoms with Gasteiger partial charge in [-0.1, -0.05) is 26.2 Å². The average molecular weight is 270 g/mol. The highest BCUT2D eigenvalue weighted by molar-refractivity contribution is 6.00. The molecule has 1 aliphatic rings. The Labute approximate surface area is 115 Å². The lowest BCUT2D eigenvalue weighted by atomic mass is 9.64. The van der Waals surface area contributed by atoms with E-state index in [0.29, 0.717) is 19.6 Å². The van der Waals surface area contributed by atoms with Gasteiger partial charge in [-0.3, -0.25) is 9.59 Å². The van der Waals surface area contributed by atoms with E-state index in [9.17, 15) is 9.59 Å². The van der Waals surface area contributed by atoms with Crippen LogP contribution in [-0.4, -0.2) is 25.2 Å². The van der Waals surface area contributed by atoms with Gasteiger partial charge in [0.05, 0.1) is 13.2 Å². The highest BCUT2D eigenvalue weighted by atomic mass is 16.6. The zero-order valence-electron chi connectivity index (χ0n) is 12.4. The van der Waals surface area contributed by atoms with Crippen LogP contribution in [0.25, 0.3) is 0 Å². The first-order chi connectivity index (χ1) is 9.13. The molecule has 1 rings (SSSR count). The molecule has 0 aromatic rings. The number of hydrogen-bond acceptors (Lipinski definition) is 4. The molecular weight excluding hydrogens is 244 g/mol. The molecule has 0 N–H and O–H groups in total. The van der Waals surface area contributed by atoms with Crippen molar-refractivity contribution < 1.29 is 19.1 Å². The fourth-order valence-corrected chi connectivity index (χ4v) is 3.12. The molecule has 4 heteroatoms. The molecule has 0 aliphatic heterocycles. The Hall–Kier alpha value is -1.06. The van der Waals surface area contributed by atoms with E-state index in [0.717, 1.165) is 32.1 Å². The van der Waals surface area contributed by atoms with Crippen molar-refractivity contribution >= 4 is 11.9 Å². The Balaban J connectivity index is 3.06. The molecule has 0 radical (unpaired) electrons. The predicted octanol–water partition coefficient (Wildman–Crippen LogP) is 3.09. The maximum absolute atomic E-state index is 12.4. The Morgan fingerprint density at radius 3 is 2.11 bits per heavy atom. The molecule has 4 nitrogen and oxygen atoms in total. The first-order valence-corrected chi connectivity index (χ1v) is 7.47. The summed E-state index contributed by atoms with van der Waals surface area (Å²) in [6, 6.07) is 0. The van der Waals surface area contributed by atoms with Crippen LogP contribution in [0.15, 0.2) is 0 Å². The van der Waals surface area contributed by atoms with Crippen LogP contribution >= 0.6 is 0 Å². The van der Waals surface area contributed by atoms with Crippen LogP contribution in [-0.2, 0) is 19.1 Å². The largest absolute Gasteiger partial charge is 0.465 e. The number of hydrogen-bond donors (Lipinski definition) is 0. The molecule has 1 fully saturated rings. The first-order valence-electron chi connectivity index (χ1n) is 7.47. The molecule has 0 bridgehead atoms. The van der Waals surface area contributed by atoms with Gasteiger partial charge in [-0.2, -0.15) is 0 Å². The highest BCUT2D eigenvalue weighted by Crippen LogP contribution is 2.45. The number of rotatable bonds is 6. The van der Waals surface area contributed by atoms with Crippen LogP contribution in [0, 0.1) is 11.3 Å². The molecule has 0 aromatic carbocycles. The van der Waals surface area contributed by atoms with Gasteiger partial charge < -0.3 is 9.47 Å². The third-order valence-electron chi connectivity index (χ3n) is 3.99. The SMILES string of the molecule is CCCC1CCCCC1(C(=O)OCC)C(=O)OCC. The van der Waals surface area contributed by atoms with Gasteiger partial charge >= 0.3 is 11.9 Å². The molecule has 0 amide bonds. The fraction of sp³-hybridized carbons (Fsp3) is 0.867. The van der Waals surface area contributed by atoms with Crippen molar-refractivity contribution in [1.29, 1.82) is 0 Å². The molecule has 1 saturated carbocycles. The van der Waals surface area contributed by atoms with Crippen LogP contribution in [0.2, 0.25) is 0 Å². The summed E-state index contributed by atoms with van der Waals surface area (Å²) in [5, 5.41) is 0. The minimum Gasteiger partial charge on any atom is -0.465 e. The van der Waals surface area contributed by atoms with E-state index >= 15 is 0 Å². The lowest BCUT2D eigenvalue weighted by molar-refractivity contribution is -0.180. The summed E-state index contributed by atoms with van der Waals surface area (Å²) in [6.07, 6.45) is 5.27. The first kappa shape index (κ1) is 16.0. The van der Waals surface area contributed by atoms with E-state index < -0.39 is 5.41 Å². The molecule has 0 heterocycles. The van der Waals surface area contributed by atoms with E-state index in [1.165, 1.54) is 0 Å². The molecule has 1 unspecified atom stereocenters. The molecule has 110 valence electrons. The third kappa shape index (κ3) is 3.28. The normalized spacial score (nSPS) is 21.7. The van der Waals surface area contributed by atoms with Crippen molar-refractivity contribution in [2.75, 3.05) is 13.2 Å². The lowest BCUT2D eigenvalue weighted by Gasteiger charge is -2.39. The van der Waals surface area contributed by atoms with Gasteiger partial charge in [0.2, 0.25) is 0 Å². The van der Waals surface area contributed by atoms with Crippen molar-refractivity contribution in [2.24, 2.45) is 11.3 Å². The predicted molar refractivity (Wildman–Crippen MR) is 72.6 cm³/mol. The average Bonchev–Trinajstić information content (AvgIpc) is 2.40. The summed E-state index contributed by atoms with van der Waals surface area (Å²) in [7, 11) is 0.